The van der Waals surface area contributed by atoms with Gasteiger partial charge >= 0.3 is 18.0 Å². The lowest BCUT2D eigenvalue weighted by Crippen LogP contribution is -2.42. The topological polar surface area (TPSA) is 108 Å². The molecule has 0 spiro atoms. The van der Waals surface area contributed by atoms with Crippen LogP contribution in [-0.4, -0.2) is 37.4 Å². The average molecular weight is 423 g/mol. The van der Waals surface area contributed by atoms with Crippen LogP contribution in [0, 0.1) is 17.8 Å². The van der Waals surface area contributed by atoms with E-state index in [1.54, 1.807) is 59.0 Å². The predicted octanol–water partition coefficient (Wildman–Crippen LogP) is 3.47. The second kappa shape index (κ2) is 11.5. The largest absolute Gasteiger partial charge is 0.461 e. The number of rotatable bonds is 9. The van der Waals surface area contributed by atoms with Crippen molar-refractivity contribution < 1.29 is 28.6 Å². The number of hydrogen-bond donors (Lipinski definition) is 1. The molecule has 0 aliphatic carbocycles. The third-order valence-electron chi connectivity index (χ3n) is 4.43. The van der Waals surface area contributed by atoms with Crippen molar-refractivity contribution in [1.82, 2.24) is 0 Å². The molecule has 2 atom stereocenters. The summed E-state index contributed by atoms with van der Waals surface area (Å²) in [4.78, 5) is 37.5. The first-order valence-electron chi connectivity index (χ1n) is 10.1. The Morgan fingerprint density at radius 2 is 1.47 bits per heavy atom. The van der Waals surface area contributed by atoms with Gasteiger partial charge in [-0.1, -0.05) is 53.7 Å². The lowest BCUT2D eigenvalue weighted by Gasteiger charge is -2.26. The number of esters is 2. The van der Waals surface area contributed by atoms with Gasteiger partial charge in [0.1, 0.15) is 12.6 Å². The molecule has 1 amide bonds. The highest BCUT2D eigenvalue weighted by Gasteiger charge is 2.28. The van der Waals surface area contributed by atoms with Crippen LogP contribution in [0.2, 0.25) is 0 Å². The fourth-order valence-electron chi connectivity index (χ4n) is 2.18. The van der Waals surface area contributed by atoms with Gasteiger partial charge in [-0.3, -0.25) is 14.5 Å². The summed E-state index contributed by atoms with van der Waals surface area (Å²) in [6, 6.07) is 6.15. The van der Waals surface area contributed by atoms with E-state index in [4.69, 9.17) is 19.9 Å². The highest BCUT2D eigenvalue weighted by atomic mass is 16.7. The summed E-state index contributed by atoms with van der Waals surface area (Å²) in [5, 5.41) is 0. The van der Waals surface area contributed by atoms with Gasteiger partial charge in [0.2, 0.25) is 0 Å². The van der Waals surface area contributed by atoms with Crippen molar-refractivity contribution in [2.45, 2.75) is 60.5 Å². The van der Waals surface area contributed by atoms with Gasteiger partial charge in [-0.25, -0.2) is 4.79 Å². The Balaban J connectivity index is 2.72. The molecule has 1 aromatic rings. The predicted molar refractivity (Wildman–Crippen MR) is 113 cm³/mol. The summed E-state index contributed by atoms with van der Waals surface area (Å²) in [6.07, 6.45) is -1.72. The number of benzene rings is 1. The van der Waals surface area contributed by atoms with E-state index >= 15 is 0 Å². The Kier molecular flexibility index (Phi) is 9.78. The average Bonchev–Trinajstić information content (AvgIpc) is 2.70. The van der Waals surface area contributed by atoms with Crippen LogP contribution in [0.4, 0.5) is 10.5 Å². The molecule has 1 aromatic carbocycles. The van der Waals surface area contributed by atoms with Gasteiger partial charge in [-0.15, -0.1) is 0 Å². The molecule has 0 radical (unpaired) electrons. The third kappa shape index (κ3) is 7.67. The van der Waals surface area contributed by atoms with Crippen molar-refractivity contribution >= 4 is 23.7 Å². The molecule has 2 N–H and O–H groups in total. The summed E-state index contributed by atoms with van der Waals surface area (Å²) in [5.74, 6) is -1.42. The van der Waals surface area contributed by atoms with Crippen molar-refractivity contribution in [2.24, 2.45) is 23.5 Å². The first-order chi connectivity index (χ1) is 13.9. The van der Waals surface area contributed by atoms with Crippen molar-refractivity contribution in [3.63, 3.8) is 0 Å². The minimum absolute atomic E-state index is 0.0954. The van der Waals surface area contributed by atoms with E-state index in [1.807, 2.05) is 13.8 Å². The van der Waals surface area contributed by atoms with Crippen LogP contribution in [-0.2, 0) is 30.4 Å². The standard InChI is InChI=1S/C22H34N2O6/c1-13(2)18(23)20(26)29-21(15(5)6)30-22(27)24(7)17-10-8-16(9-11-17)12-28-19(25)14(3)4/h8-11,13-15,18,21H,12,23H2,1-7H3. The highest BCUT2D eigenvalue weighted by molar-refractivity contribution is 5.87. The second-order valence-corrected chi connectivity index (χ2v) is 8.19. The maximum absolute atomic E-state index is 12.5. The molecule has 8 nitrogen and oxygen atoms in total. The third-order valence-corrected chi connectivity index (χ3v) is 4.43. The van der Waals surface area contributed by atoms with E-state index in [-0.39, 0.29) is 30.3 Å². The minimum Gasteiger partial charge on any atom is -0.461 e. The number of nitrogens with zero attached hydrogens (tertiary/aromatic N) is 1. The minimum atomic E-state index is -1.05. The van der Waals surface area contributed by atoms with Crippen molar-refractivity contribution in [2.75, 3.05) is 11.9 Å². The summed E-state index contributed by atoms with van der Waals surface area (Å²) in [6.45, 7) is 10.9. The fourth-order valence-corrected chi connectivity index (χ4v) is 2.18. The number of carbonyl (C=O) groups excluding carboxylic acids is 3. The molecule has 0 fully saturated rings. The molecule has 2 unspecified atom stereocenters. The van der Waals surface area contributed by atoms with Gasteiger partial charge in [-0.2, -0.15) is 0 Å². The van der Waals surface area contributed by atoms with E-state index in [2.05, 4.69) is 0 Å². The van der Waals surface area contributed by atoms with Crippen LogP contribution in [0.25, 0.3) is 0 Å². The fraction of sp³-hybridized carbons (Fsp3) is 0.591. The summed E-state index contributed by atoms with van der Waals surface area (Å²) < 4.78 is 15.9. The number of carbonyl (C=O) groups is 3. The lowest BCUT2D eigenvalue weighted by atomic mass is 10.1. The number of amides is 1. The van der Waals surface area contributed by atoms with Gasteiger partial charge in [-0.05, 0) is 23.6 Å². The van der Waals surface area contributed by atoms with Crippen LogP contribution in [0.1, 0.15) is 47.1 Å². The molecule has 30 heavy (non-hydrogen) atoms. The molecule has 0 aliphatic rings. The highest BCUT2D eigenvalue weighted by Crippen LogP contribution is 2.18. The van der Waals surface area contributed by atoms with Gasteiger partial charge in [0, 0.05) is 18.7 Å². The molecule has 168 valence electrons. The quantitative estimate of drug-likeness (QED) is 0.479. The van der Waals surface area contributed by atoms with Crippen LogP contribution in [0.5, 0.6) is 0 Å². The maximum atomic E-state index is 12.5. The molecular formula is C22H34N2O6. The molecule has 0 saturated heterocycles. The number of anilines is 1. The van der Waals surface area contributed by atoms with Crippen LogP contribution in [0.3, 0.4) is 0 Å². The van der Waals surface area contributed by atoms with Gasteiger partial charge in [0.15, 0.2) is 0 Å². The number of ether oxygens (including phenoxy) is 3. The van der Waals surface area contributed by atoms with E-state index in [9.17, 15) is 14.4 Å². The van der Waals surface area contributed by atoms with E-state index < -0.39 is 24.4 Å². The Morgan fingerprint density at radius 1 is 0.900 bits per heavy atom. The Morgan fingerprint density at radius 3 is 1.93 bits per heavy atom. The summed E-state index contributed by atoms with van der Waals surface area (Å²) >= 11 is 0. The molecule has 8 heteroatoms. The maximum Gasteiger partial charge on any atom is 0.417 e. The van der Waals surface area contributed by atoms with E-state index in [0.717, 1.165) is 5.56 Å². The van der Waals surface area contributed by atoms with E-state index in [0.29, 0.717) is 5.69 Å². The van der Waals surface area contributed by atoms with Gasteiger partial charge in [0.05, 0.1) is 5.92 Å². The van der Waals surface area contributed by atoms with Crippen molar-refractivity contribution in [3.8, 4) is 0 Å². The smallest absolute Gasteiger partial charge is 0.417 e. The SMILES string of the molecule is CC(C)C(=O)OCc1ccc(N(C)C(=O)OC(OC(=O)C(N)C(C)C)C(C)C)cc1. The normalized spacial score (nSPS) is 13.2. The van der Waals surface area contributed by atoms with Gasteiger partial charge < -0.3 is 19.9 Å². The summed E-state index contributed by atoms with van der Waals surface area (Å²) in [5.41, 5.74) is 7.18. The zero-order valence-electron chi connectivity index (χ0n) is 18.9. The van der Waals surface area contributed by atoms with E-state index in [1.165, 1.54) is 4.90 Å². The molecule has 0 aliphatic heterocycles. The van der Waals surface area contributed by atoms with Crippen LogP contribution >= 0.6 is 0 Å². The first kappa shape index (κ1) is 25.4. The number of hydrogen-bond acceptors (Lipinski definition) is 7. The van der Waals surface area contributed by atoms with Crippen LogP contribution < -0.4 is 10.6 Å². The molecule has 0 heterocycles. The Labute approximate surface area is 178 Å². The van der Waals surface area contributed by atoms with Crippen LogP contribution in [0.15, 0.2) is 24.3 Å². The molecule has 1 rings (SSSR count). The van der Waals surface area contributed by atoms with Gasteiger partial charge in [0.25, 0.3) is 6.29 Å². The monoisotopic (exact) mass is 422 g/mol. The van der Waals surface area contributed by atoms with Crippen molar-refractivity contribution in [3.05, 3.63) is 29.8 Å². The first-order valence-corrected chi connectivity index (χ1v) is 10.1. The van der Waals surface area contributed by atoms with Crippen molar-refractivity contribution in [1.29, 1.82) is 0 Å². The Hall–Kier alpha value is -2.61. The summed E-state index contributed by atoms with van der Waals surface area (Å²) in [7, 11) is 1.55. The molecule has 0 saturated carbocycles. The molecule has 0 aromatic heterocycles. The molecule has 0 bridgehead atoms. The molecular weight excluding hydrogens is 388 g/mol. The number of nitrogens with two attached hydrogens (primary N) is 1. The zero-order valence-corrected chi connectivity index (χ0v) is 18.9. The Bertz CT molecular complexity index is 715. The second-order valence-electron chi connectivity index (χ2n) is 8.19. The zero-order chi connectivity index (χ0) is 23.0. The lowest BCUT2D eigenvalue weighted by molar-refractivity contribution is -0.177.